The minimum Gasteiger partial charge on any atom is -0.496 e. The number of pyridine rings is 1. The van der Waals surface area contributed by atoms with Gasteiger partial charge >= 0.3 is 0 Å². The molecule has 0 radical (unpaired) electrons. The number of nitrogens with two attached hydrogens (primary N) is 1. The van der Waals surface area contributed by atoms with Gasteiger partial charge in [0.25, 0.3) is 0 Å². The number of hydrogen-bond acceptors (Lipinski definition) is 8. The van der Waals surface area contributed by atoms with Crippen molar-refractivity contribution in [3.8, 4) is 5.75 Å². The van der Waals surface area contributed by atoms with Crippen LogP contribution in [0.1, 0.15) is 34.7 Å². The molecular formula is C20H25ClN6O3. The number of amides is 1. The highest BCUT2D eigenvalue weighted by Crippen LogP contribution is 2.42. The number of aryl methyl sites for hydroxylation is 1. The molecule has 2 aromatic heterocycles. The lowest BCUT2D eigenvalue weighted by Crippen LogP contribution is -2.48. The van der Waals surface area contributed by atoms with Gasteiger partial charge in [0, 0.05) is 41.8 Å². The zero-order valence-electron chi connectivity index (χ0n) is 17.2. The zero-order chi connectivity index (χ0) is 21.4. The second-order valence-electron chi connectivity index (χ2n) is 7.74. The van der Waals surface area contributed by atoms with E-state index in [4.69, 9.17) is 26.8 Å². The molecule has 4 rings (SSSR count). The van der Waals surface area contributed by atoms with Crippen LogP contribution in [0.2, 0.25) is 5.15 Å². The molecule has 2 aliphatic rings. The quantitative estimate of drug-likeness (QED) is 0.663. The maximum atomic E-state index is 12.5. The molecule has 1 unspecified atom stereocenters. The van der Waals surface area contributed by atoms with Crippen molar-refractivity contribution in [1.29, 1.82) is 0 Å². The molecule has 0 saturated carbocycles. The molecule has 3 N–H and O–H groups in total. The van der Waals surface area contributed by atoms with Crippen molar-refractivity contribution in [3.05, 3.63) is 33.7 Å². The molecule has 30 heavy (non-hydrogen) atoms. The van der Waals surface area contributed by atoms with E-state index in [0.29, 0.717) is 32.1 Å². The van der Waals surface area contributed by atoms with Crippen LogP contribution in [0.15, 0.2) is 6.20 Å². The van der Waals surface area contributed by atoms with Crippen molar-refractivity contribution >= 4 is 29.3 Å². The molecule has 0 aliphatic carbocycles. The highest BCUT2D eigenvalue weighted by Gasteiger charge is 2.36. The minimum atomic E-state index is -0.137. The first kappa shape index (κ1) is 20.6. The molecule has 0 bridgehead atoms. The number of methoxy groups -OCH3 is 1. The summed E-state index contributed by atoms with van der Waals surface area (Å²) in [6.45, 7) is 6.12. The van der Waals surface area contributed by atoms with E-state index in [9.17, 15) is 4.79 Å². The molecule has 1 saturated heterocycles. The molecule has 0 aromatic carbocycles. The number of carbonyl (C=O) groups excluding carboxylic acids is 1. The average molecular weight is 433 g/mol. The van der Waals surface area contributed by atoms with Crippen LogP contribution in [0.5, 0.6) is 5.75 Å². The Morgan fingerprint density at radius 1 is 1.40 bits per heavy atom. The largest absolute Gasteiger partial charge is 0.496 e. The van der Waals surface area contributed by atoms with Gasteiger partial charge in [-0.15, -0.1) is 0 Å². The number of fused-ring (bicyclic) bond motifs is 1. The first-order chi connectivity index (χ1) is 14.4. The number of nitrogens with zero attached hydrogens (tertiary/aromatic N) is 4. The molecule has 1 fully saturated rings. The summed E-state index contributed by atoms with van der Waals surface area (Å²) in [6, 6.07) is 0.0829. The van der Waals surface area contributed by atoms with Crippen molar-refractivity contribution < 1.29 is 14.3 Å². The van der Waals surface area contributed by atoms with Gasteiger partial charge in [0.1, 0.15) is 16.7 Å². The fourth-order valence-corrected chi connectivity index (χ4v) is 4.35. The van der Waals surface area contributed by atoms with Crippen molar-refractivity contribution in [2.24, 2.45) is 0 Å². The maximum Gasteiger partial charge on any atom is 0.223 e. The highest BCUT2D eigenvalue weighted by molar-refractivity contribution is 6.30. The average Bonchev–Trinajstić information content (AvgIpc) is 2.98. The van der Waals surface area contributed by atoms with Gasteiger partial charge in [0.05, 0.1) is 38.6 Å². The summed E-state index contributed by atoms with van der Waals surface area (Å²) in [7, 11) is 1.65. The van der Waals surface area contributed by atoms with Gasteiger partial charge in [-0.2, -0.15) is 4.98 Å². The van der Waals surface area contributed by atoms with Crippen molar-refractivity contribution in [3.63, 3.8) is 0 Å². The fraction of sp³-hybridized carbons (Fsp3) is 0.500. The highest BCUT2D eigenvalue weighted by atomic mass is 35.5. The predicted octanol–water partition coefficient (Wildman–Crippen LogP) is 1.74. The third-order valence-electron chi connectivity index (χ3n) is 5.57. The van der Waals surface area contributed by atoms with Crippen LogP contribution in [0.3, 0.4) is 0 Å². The Morgan fingerprint density at radius 3 is 2.83 bits per heavy atom. The Hall–Kier alpha value is -2.65. The Kier molecular flexibility index (Phi) is 5.66. The van der Waals surface area contributed by atoms with E-state index in [1.807, 2.05) is 18.7 Å². The van der Waals surface area contributed by atoms with Crippen LogP contribution in [0, 0.1) is 13.8 Å². The number of nitrogens with one attached hydrogen (secondary N) is 1. The number of ether oxygens (including phenoxy) is 2. The number of rotatable bonds is 6. The Morgan fingerprint density at radius 2 is 2.17 bits per heavy atom. The van der Waals surface area contributed by atoms with E-state index in [2.05, 4.69) is 20.3 Å². The molecule has 1 atom stereocenters. The van der Waals surface area contributed by atoms with Crippen molar-refractivity contribution in [1.82, 2.24) is 20.3 Å². The Balaban J connectivity index is 1.60. The fourth-order valence-electron chi connectivity index (χ4n) is 4.03. The molecule has 1 amide bonds. The molecule has 10 heteroatoms. The first-order valence-electron chi connectivity index (χ1n) is 9.81. The van der Waals surface area contributed by atoms with Gasteiger partial charge in [-0.05, 0) is 13.8 Å². The van der Waals surface area contributed by atoms with E-state index in [0.717, 1.165) is 28.1 Å². The van der Waals surface area contributed by atoms with Crippen LogP contribution >= 0.6 is 11.6 Å². The van der Waals surface area contributed by atoms with E-state index in [1.54, 1.807) is 13.3 Å². The monoisotopic (exact) mass is 432 g/mol. The summed E-state index contributed by atoms with van der Waals surface area (Å²) >= 11 is 6.42. The molecule has 160 valence electrons. The number of aromatic nitrogens is 3. The molecule has 4 heterocycles. The number of nitrogen functional groups attached to an aromatic ring is 1. The van der Waals surface area contributed by atoms with Crippen molar-refractivity contribution in [2.45, 2.75) is 38.8 Å². The van der Waals surface area contributed by atoms with Gasteiger partial charge in [-0.25, -0.2) is 4.98 Å². The molecule has 9 nitrogen and oxygen atoms in total. The molecule has 0 spiro atoms. The van der Waals surface area contributed by atoms with Crippen LogP contribution in [0.4, 0.5) is 11.8 Å². The normalized spacial score (nSPS) is 18.1. The van der Waals surface area contributed by atoms with Gasteiger partial charge in [0.15, 0.2) is 0 Å². The molecule has 2 aromatic rings. The Bertz CT molecular complexity index is 981. The van der Waals surface area contributed by atoms with E-state index in [1.165, 1.54) is 0 Å². The molecule has 2 aliphatic heterocycles. The smallest absolute Gasteiger partial charge is 0.223 e. The molecular weight excluding hydrogens is 408 g/mol. The summed E-state index contributed by atoms with van der Waals surface area (Å²) in [5.74, 6) is 1.39. The van der Waals surface area contributed by atoms with Gasteiger partial charge in [-0.1, -0.05) is 11.6 Å². The zero-order valence-corrected chi connectivity index (χ0v) is 18.0. The van der Waals surface area contributed by atoms with Crippen molar-refractivity contribution in [2.75, 3.05) is 37.5 Å². The van der Waals surface area contributed by atoms with E-state index < -0.39 is 0 Å². The first-order valence-corrected chi connectivity index (χ1v) is 10.2. The van der Waals surface area contributed by atoms with E-state index in [-0.39, 0.29) is 35.4 Å². The number of carbonyl (C=O) groups is 1. The third-order valence-corrected chi connectivity index (χ3v) is 5.86. The van der Waals surface area contributed by atoms with Gasteiger partial charge in [-0.3, -0.25) is 9.78 Å². The predicted molar refractivity (Wildman–Crippen MR) is 113 cm³/mol. The van der Waals surface area contributed by atoms with Crippen LogP contribution in [0.25, 0.3) is 0 Å². The summed E-state index contributed by atoms with van der Waals surface area (Å²) in [6.07, 6.45) is 2.09. The van der Waals surface area contributed by atoms with Gasteiger partial charge in [0.2, 0.25) is 11.9 Å². The minimum absolute atomic E-state index is 0.0414. The SMILES string of the molecule is COc1c(C)cnc(CN2CC(CC(=O)NC3COC3)c3c(Cl)nc(N)nc32)c1C. The second kappa shape index (κ2) is 8.23. The van der Waals surface area contributed by atoms with Crippen LogP contribution < -0.4 is 20.7 Å². The topological polar surface area (TPSA) is 115 Å². The summed E-state index contributed by atoms with van der Waals surface area (Å²) in [5.41, 5.74) is 9.43. The van der Waals surface area contributed by atoms with E-state index >= 15 is 0 Å². The Labute approximate surface area is 179 Å². The van der Waals surface area contributed by atoms with Crippen LogP contribution in [-0.2, 0) is 16.1 Å². The lowest BCUT2D eigenvalue weighted by atomic mass is 10.00. The maximum absolute atomic E-state index is 12.5. The summed E-state index contributed by atoms with van der Waals surface area (Å²) in [5, 5.41) is 3.27. The standard InChI is InChI=1S/C20H25ClN6O3/c1-10-5-23-14(11(2)17(10)29-3)7-27-6-12(4-15(28)24-13-8-30-9-13)16-18(21)25-20(22)26-19(16)27/h5,12-13H,4,6-9H2,1-3H3,(H,24,28)(H2,22,25,26). The number of hydrogen-bond donors (Lipinski definition) is 2. The lowest BCUT2D eigenvalue weighted by molar-refractivity contribution is -0.125. The third kappa shape index (κ3) is 3.87. The number of halogens is 1. The second-order valence-corrected chi connectivity index (χ2v) is 8.10. The number of anilines is 2. The summed E-state index contributed by atoms with van der Waals surface area (Å²) < 4.78 is 10.6. The van der Waals surface area contributed by atoms with Crippen LogP contribution in [-0.4, -0.2) is 53.8 Å². The lowest BCUT2D eigenvalue weighted by Gasteiger charge is -2.27. The van der Waals surface area contributed by atoms with Gasteiger partial charge < -0.3 is 25.4 Å². The summed E-state index contributed by atoms with van der Waals surface area (Å²) in [4.78, 5) is 27.7.